The molecule has 1 aromatic carbocycles. The number of hydrogen-bond donors (Lipinski definition) is 0. The normalized spacial score (nSPS) is 11.6. The summed E-state index contributed by atoms with van der Waals surface area (Å²) in [6.07, 6.45) is 0. The fraction of sp³-hybridized carbons (Fsp3) is 0.333. The number of rotatable bonds is 4. The van der Waals surface area contributed by atoms with Crippen molar-refractivity contribution in [3.05, 3.63) is 29.3 Å². The third-order valence-corrected chi connectivity index (χ3v) is 2.63. The Kier molecular flexibility index (Phi) is 4.33. The van der Waals surface area contributed by atoms with E-state index in [9.17, 15) is 4.79 Å². The van der Waals surface area contributed by atoms with Gasteiger partial charge in [0.1, 0.15) is 11.1 Å². The molecule has 0 saturated carbocycles. The number of hydrogen-bond acceptors (Lipinski definition) is 3. The van der Waals surface area contributed by atoms with E-state index in [1.165, 1.54) is 6.92 Å². The standard InChI is InChI=1S/C12H12ClNO2/c1-3-16-10-4-5-11(9(6-10)7-14)12(13)8(2)15/h4-6,12H,3H2,1-2H3. The van der Waals surface area contributed by atoms with Crippen molar-refractivity contribution in [2.45, 2.75) is 19.2 Å². The van der Waals surface area contributed by atoms with Gasteiger partial charge in [0.25, 0.3) is 0 Å². The number of alkyl halides is 1. The highest BCUT2D eigenvalue weighted by atomic mass is 35.5. The Morgan fingerprint density at radius 2 is 2.31 bits per heavy atom. The number of nitriles is 1. The lowest BCUT2D eigenvalue weighted by atomic mass is 10.0. The topological polar surface area (TPSA) is 50.1 Å². The number of carbonyl (C=O) groups is 1. The van der Waals surface area contributed by atoms with Crippen LogP contribution in [0.25, 0.3) is 0 Å². The Hall–Kier alpha value is -1.53. The van der Waals surface area contributed by atoms with Gasteiger partial charge in [-0.2, -0.15) is 5.26 Å². The minimum atomic E-state index is -0.773. The first-order chi connectivity index (χ1) is 7.60. The Bertz CT molecular complexity index is 437. The molecule has 0 spiro atoms. The van der Waals surface area contributed by atoms with Gasteiger partial charge in [-0.15, -0.1) is 11.6 Å². The fourth-order valence-electron chi connectivity index (χ4n) is 1.33. The van der Waals surface area contributed by atoms with E-state index in [0.29, 0.717) is 23.5 Å². The molecular weight excluding hydrogens is 226 g/mol. The van der Waals surface area contributed by atoms with Crippen molar-refractivity contribution in [2.75, 3.05) is 6.61 Å². The summed E-state index contributed by atoms with van der Waals surface area (Å²) < 4.78 is 5.26. The molecule has 0 radical (unpaired) electrons. The van der Waals surface area contributed by atoms with Gasteiger partial charge in [0, 0.05) is 0 Å². The minimum absolute atomic E-state index is 0.178. The van der Waals surface area contributed by atoms with Gasteiger partial charge in [-0.25, -0.2) is 0 Å². The number of nitrogens with zero attached hydrogens (tertiary/aromatic N) is 1. The maximum atomic E-state index is 11.2. The first kappa shape index (κ1) is 12.5. The van der Waals surface area contributed by atoms with Gasteiger partial charge in [0.05, 0.1) is 18.2 Å². The highest BCUT2D eigenvalue weighted by Gasteiger charge is 2.17. The van der Waals surface area contributed by atoms with Crippen LogP contribution < -0.4 is 4.74 Å². The predicted octanol–water partition coefficient (Wildman–Crippen LogP) is 2.83. The van der Waals surface area contributed by atoms with Gasteiger partial charge in [-0.3, -0.25) is 4.79 Å². The second-order valence-corrected chi connectivity index (χ2v) is 3.70. The van der Waals surface area contributed by atoms with Crippen LogP contribution in [0, 0.1) is 11.3 Å². The summed E-state index contributed by atoms with van der Waals surface area (Å²) in [5.74, 6) is 0.428. The summed E-state index contributed by atoms with van der Waals surface area (Å²) in [5, 5.41) is 8.19. The molecule has 0 N–H and O–H groups in total. The molecule has 0 bridgehead atoms. The lowest BCUT2D eigenvalue weighted by molar-refractivity contribution is -0.116. The van der Waals surface area contributed by atoms with Crippen LogP contribution in [0.1, 0.15) is 30.4 Å². The molecule has 0 amide bonds. The fourth-order valence-corrected chi connectivity index (χ4v) is 1.52. The van der Waals surface area contributed by atoms with E-state index in [1.54, 1.807) is 18.2 Å². The van der Waals surface area contributed by atoms with Crippen molar-refractivity contribution in [3.8, 4) is 11.8 Å². The SMILES string of the molecule is CCOc1ccc(C(Cl)C(C)=O)c(C#N)c1. The summed E-state index contributed by atoms with van der Waals surface area (Å²) in [7, 11) is 0. The zero-order valence-electron chi connectivity index (χ0n) is 9.16. The van der Waals surface area contributed by atoms with Gasteiger partial charge in [-0.05, 0) is 31.5 Å². The van der Waals surface area contributed by atoms with Gasteiger partial charge in [0.15, 0.2) is 5.78 Å². The number of benzene rings is 1. The molecule has 1 atom stereocenters. The van der Waals surface area contributed by atoms with E-state index in [0.717, 1.165) is 0 Å². The second-order valence-electron chi connectivity index (χ2n) is 3.27. The van der Waals surface area contributed by atoms with Crippen LogP contribution in [0.3, 0.4) is 0 Å². The van der Waals surface area contributed by atoms with E-state index < -0.39 is 5.38 Å². The highest BCUT2D eigenvalue weighted by Crippen LogP contribution is 2.27. The lowest BCUT2D eigenvalue weighted by Gasteiger charge is -2.10. The average molecular weight is 238 g/mol. The van der Waals surface area contributed by atoms with Crippen molar-refractivity contribution in [1.82, 2.24) is 0 Å². The van der Waals surface area contributed by atoms with Crippen LogP contribution in [0.15, 0.2) is 18.2 Å². The monoisotopic (exact) mass is 237 g/mol. The molecule has 1 unspecified atom stereocenters. The molecule has 0 fully saturated rings. The summed E-state index contributed by atoms with van der Waals surface area (Å²) in [4.78, 5) is 11.2. The molecule has 0 heterocycles. The maximum Gasteiger partial charge on any atom is 0.152 e. The van der Waals surface area contributed by atoms with Crippen molar-refractivity contribution < 1.29 is 9.53 Å². The van der Waals surface area contributed by atoms with Crippen LogP contribution in [0.5, 0.6) is 5.75 Å². The summed E-state index contributed by atoms with van der Waals surface area (Å²) in [6.45, 7) is 3.79. The van der Waals surface area contributed by atoms with Crippen LogP contribution in [-0.4, -0.2) is 12.4 Å². The molecule has 3 nitrogen and oxygen atoms in total. The number of ketones is 1. The van der Waals surface area contributed by atoms with E-state index in [1.807, 2.05) is 13.0 Å². The molecule has 0 aliphatic rings. The zero-order chi connectivity index (χ0) is 12.1. The molecule has 4 heteroatoms. The lowest BCUT2D eigenvalue weighted by Crippen LogP contribution is -2.04. The van der Waals surface area contributed by atoms with E-state index in [4.69, 9.17) is 21.6 Å². The number of carbonyl (C=O) groups excluding carboxylic acids is 1. The Morgan fingerprint density at radius 3 is 2.81 bits per heavy atom. The smallest absolute Gasteiger partial charge is 0.152 e. The van der Waals surface area contributed by atoms with E-state index in [2.05, 4.69) is 0 Å². The zero-order valence-corrected chi connectivity index (χ0v) is 9.91. The first-order valence-electron chi connectivity index (χ1n) is 4.91. The van der Waals surface area contributed by atoms with Gasteiger partial charge in [-0.1, -0.05) is 6.07 Å². The first-order valence-corrected chi connectivity index (χ1v) is 5.35. The summed E-state index contributed by atoms with van der Waals surface area (Å²) >= 11 is 5.91. The molecular formula is C12H12ClNO2. The minimum Gasteiger partial charge on any atom is -0.494 e. The molecule has 0 aliphatic carbocycles. The third kappa shape index (κ3) is 2.74. The van der Waals surface area contributed by atoms with E-state index >= 15 is 0 Å². The van der Waals surface area contributed by atoms with Crippen LogP contribution in [0.4, 0.5) is 0 Å². The van der Waals surface area contributed by atoms with Gasteiger partial charge < -0.3 is 4.74 Å². The summed E-state index contributed by atoms with van der Waals surface area (Å²) in [5.41, 5.74) is 0.904. The molecule has 16 heavy (non-hydrogen) atoms. The van der Waals surface area contributed by atoms with E-state index in [-0.39, 0.29) is 5.78 Å². The maximum absolute atomic E-state index is 11.2. The Labute approximate surface area is 99.6 Å². The van der Waals surface area contributed by atoms with Crippen LogP contribution in [-0.2, 0) is 4.79 Å². The van der Waals surface area contributed by atoms with Gasteiger partial charge >= 0.3 is 0 Å². The third-order valence-electron chi connectivity index (χ3n) is 2.09. The molecule has 0 aliphatic heterocycles. The molecule has 1 aromatic rings. The van der Waals surface area contributed by atoms with Crippen molar-refractivity contribution in [1.29, 1.82) is 5.26 Å². The largest absolute Gasteiger partial charge is 0.494 e. The number of halogens is 1. The molecule has 1 rings (SSSR count). The number of Topliss-reactive ketones (excluding diaryl/α,β-unsaturated/α-hetero) is 1. The highest BCUT2D eigenvalue weighted by molar-refractivity contribution is 6.31. The Morgan fingerprint density at radius 1 is 1.62 bits per heavy atom. The Balaban J connectivity index is 3.12. The second kappa shape index (κ2) is 5.53. The molecule has 84 valence electrons. The van der Waals surface area contributed by atoms with Gasteiger partial charge in [0.2, 0.25) is 0 Å². The quantitative estimate of drug-likeness (QED) is 0.757. The molecule has 0 aromatic heterocycles. The molecule has 0 saturated heterocycles. The van der Waals surface area contributed by atoms with Crippen molar-refractivity contribution in [2.24, 2.45) is 0 Å². The average Bonchev–Trinajstić information content (AvgIpc) is 2.28. The van der Waals surface area contributed by atoms with Crippen molar-refractivity contribution in [3.63, 3.8) is 0 Å². The predicted molar refractivity (Wildman–Crippen MR) is 61.6 cm³/mol. The van der Waals surface area contributed by atoms with Crippen LogP contribution in [0.2, 0.25) is 0 Å². The van der Waals surface area contributed by atoms with Crippen LogP contribution >= 0.6 is 11.6 Å². The summed E-state index contributed by atoms with van der Waals surface area (Å²) in [6, 6.07) is 6.97. The number of ether oxygens (including phenoxy) is 1. The van der Waals surface area contributed by atoms with Crippen molar-refractivity contribution >= 4 is 17.4 Å².